The zero-order valence-corrected chi connectivity index (χ0v) is 14.0. The second-order valence-electron chi connectivity index (χ2n) is 6.40. The van der Waals surface area contributed by atoms with E-state index in [0.29, 0.717) is 24.6 Å². The average molecular weight is 333 g/mol. The van der Waals surface area contributed by atoms with Crippen LogP contribution in [0.15, 0.2) is 24.3 Å². The van der Waals surface area contributed by atoms with Crippen molar-refractivity contribution in [3.05, 3.63) is 24.3 Å². The van der Waals surface area contributed by atoms with Crippen LogP contribution in [0.5, 0.6) is 5.75 Å². The Kier molecular flexibility index (Phi) is 4.73. The summed E-state index contributed by atoms with van der Waals surface area (Å²) in [5, 5.41) is 0. The van der Waals surface area contributed by atoms with Crippen LogP contribution < -0.4 is 15.4 Å². The van der Waals surface area contributed by atoms with Crippen molar-refractivity contribution in [1.82, 2.24) is 4.90 Å². The number of nitrogens with zero attached hydrogens (tertiary/aromatic N) is 2. The number of amides is 2. The number of fused-ring (bicyclic) bond motifs is 1. The average Bonchev–Trinajstić information content (AvgIpc) is 2.57. The molecule has 7 heteroatoms. The van der Waals surface area contributed by atoms with E-state index < -0.39 is 12.0 Å². The molecular formula is C17H23N3O4. The molecule has 1 fully saturated rings. The fourth-order valence-corrected chi connectivity index (χ4v) is 3.07. The van der Waals surface area contributed by atoms with Crippen LogP contribution in [0, 0.1) is 0 Å². The lowest BCUT2D eigenvalue weighted by Crippen LogP contribution is -2.55. The summed E-state index contributed by atoms with van der Waals surface area (Å²) < 4.78 is 11.2. The number of ether oxygens (including phenoxy) is 2. The molecule has 2 amide bonds. The molecule has 2 aliphatic heterocycles. The second kappa shape index (κ2) is 6.78. The molecule has 24 heavy (non-hydrogen) atoms. The molecule has 0 bridgehead atoms. The number of hydrogen-bond donors (Lipinski definition) is 1. The molecule has 0 saturated carbocycles. The monoisotopic (exact) mass is 333 g/mol. The van der Waals surface area contributed by atoms with Crippen molar-refractivity contribution in [2.75, 3.05) is 31.1 Å². The highest BCUT2D eigenvalue weighted by Gasteiger charge is 2.34. The van der Waals surface area contributed by atoms with Gasteiger partial charge in [0.1, 0.15) is 5.75 Å². The highest BCUT2D eigenvalue weighted by molar-refractivity contribution is 5.98. The fourth-order valence-electron chi connectivity index (χ4n) is 3.07. The van der Waals surface area contributed by atoms with E-state index in [2.05, 4.69) is 4.90 Å². The van der Waals surface area contributed by atoms with E-state index in [1.165, 1.54) is 0 Å². The molecule has 1 aromatic rings. The van der Waals surface area contributed by atoms with Crippen LogP contribution in [-0.2, 0) is 14.3 Å². The summed E-state index contributed by atoms with van der Waals surface area (Å²) in [5.41, 5.74) is 6.06. The first-order valence-corrected chi connectivity index (χ1v) is 8.16. The summed E-state index contributed by atoms with van der Waals surface area (Å²) in [5.74, 6) is -0.141. The van der Waals surface area contributed by atoms with Gasteiger partial charge in [0.25, 0.3) is 5.91 Å². The Hall–Kier alpha value is -2.12. The fraction of sp³-hybridized carbons (Fsp3) is 0.529. The SMILES string of the molecule is CC1CN(CC(=O)N2CC(C(N)=O)Oc3ccccc32)C(C)CO1. The summed E-state index contributed by atoms with van der Waals surface area (Å²) in [6, 6.07) is 7.37. The second-order valence-corrected chi connectivity index (χ2v) is 6.40. The molecule has 2 aliphatic rings. The minimum absolute atomic E-state index is 0.0713. The van der Waals surface area contributed by atoms with Crippen molar-refractivity contribution in [2.45, 2.75) is 32.1 Å². The first-order valence-electron chi connectivity index (χ1n) is 8.16. The highest BCUT2D eigenvalue weighted by Crippen LogP contribution is 2.33. The first kappa shape index (κ1) is 16.7. The van der Waals surface area contributed by atoms with Gasteiger partial charge in [-0.1, -0.05) is 12.1 Å². The van der Waals surface area contributed by atoms with E-state index >= 15 is 0 Å². The number of carbonyl (C=O) groups excluding carboxylic acids is 2. The Morgan fingerprint density at radius 3 is 2.75 bits per heavy atom. The number of para-hydroxylation sites is 2. The predicted molar refractivity (Wildman–Crippen MR) is 88.9 cm³/mol. The van der Waals surface area contributed by atoms with Gasteiger partial charge in [-0.2, -0.15) is 0 Å². The molecular weight excluding hydrogens is 310 g/mol. The molecule has 0 radical (unpaired) electrons. The maximum atomic E-state index is 12.9. The molecule has 3 unspecified atom stereocenters. The van der Waals surface area contributed by atoms with Gasteiger partial charge in [-0.05, 0) is 26.0 Å². The van der Waals surface area contributed by atoms with Gasteiger partial charge in [0, 0.05) is 12.6 Å². The minimum atomic E-state index is -0.829. The Labute approximate surface area is 141 Å². The zero-order chi connectivity index (χ0) is 17.3. The molecule has 1 aromatic carbocycles. The van der Waals surface area contributed by atoms with Gasteiger partial charge in [-0.3, -0.25) is 14.5 Å². The van der Waals surface area contributed by atoms with Gasteiger partial charge >= 0.3 is 0 Å². The number of primary amides is 1. The van der Waals surface area contributed by atoms with Gasteiger partial charge < -0.3 is 20.1 Å². The highest BCUT2D eigenvalue weighted by atomic mass is 16.5. The topological polar surface area (TPSA) is 85.1 Å². The summed E-state index contributed by atoms with van der Waals surface area (Å²) in [6.07, 6.45) is -0.728. The van der Waals surface area contributed by atoms with Crippen LogP contribution in [0.3, 0.4) is 0 Å². The summed E-state index contributed by atoms with van der Waals surface area (Å²) in [4.78, 5) is 28.1. The Morgan fingerprint density at radius 1 is 1.25 bits per heavy atom. The standard InChI is InChI=1S/C17H23N3O4/c1-11-10-23-12(2)7-19(11)9-16(21)20-8-15(17(18)22)24-14-6-4-3-5-13(14)20/h3-6,11-12,15H,7-10H2,1-2H3,(H2,18,22). The van der Waals surface area contributed by atoms with E-state index in [0.717, 1.165) is 0 Å². The van der Waals surface area contributed by atoms with Gasteiger partial charge in [0.2, 0.25) is 5.91 Å². The van der Waals surface area contributed by atoms with Gasteiger partial charge in [0.15, 0.2) is 6.10 Å². The number of carbonyl (C=O) groups is 2. The molecule has 0 spiro atoms. The van der Waals surface area contributed by atoms with Crippen molar-refractivity contribution in [3.63, 3.8) is 0 Å². The molecule has 3 atom stereocenters. The number of nitrogens with two attached hydrogens (primary N) is 1. The van der Waals surface area contributed by atoms with Crippen LogP contribution in [0.2, 0.25) is 0 Å². The molecule has 0 aliphatic carbocycles. The number of anilines is 1. The van der Waals surface area contributed by atoms with E-state index in [4.69, 9.17) is 15.2 Å². The number of morpholine rings is 1. The normalized spacial score (nSPS) is 27.2. The minimum Gasteiger partial charge on any atom is -0.477 e. The van der Waals surface area contributed by atoms with E-state index in [9.17, 15) is 9.59 Å². The molecule has 3 rings (SSSR count). The van der Waals surface area contributed by atoms with Crippen LogP contribution in [0.4, 0.5) is 5.69 Å². The van der Waals surface area contributed by atoms with Crippen molar-refractivity contribution in [3.8, 4) is 5.75 Å². The van der Waals surface area contributed by atoms with Crippen LogP contribution >= 0.6 is 0 Å². The lowest BCUT2D eigenvalue weighted by Gasteiger charge is -2.39. The molecule has 0 aromatic heterocycles. The van der Waals surface area contributed by atoms with Crippen LogP contribution in [0.1, 0.15) is 13.8 Å². The Bertz CT molecular complexity index is 636. The van der Waals surface area contributed by atoms with Gasteiger partial charge in [0.05, 0.1) is 31.5 Å². The van der Waals surface area contributed by atoms with Crippen molar-refractivity contribution < 1.29 is 19.1 Å². The number of hydrogen-bond acceptors (Lipinski definition) is 5. The third-order valence-corrected chi connectivity index (χ3v) is 4.47. The van der Waals surface area contributed by atoms with E-state index in [1.54, 1.807) is 17.0 Å². The van der Waals surface area contributed by atoms with Crippen LogP contribution in [0.25, 0.3) is 0 Å². The zero-order valence-electron chi connectivity index (χ0n) is 14.0. The van der Waals surface area contributed by atoms with Gasteiger partial charge in [-0.15, -0.1) is 0 Å². The third-order valence-electron chi connectivity index (χ3n) is 4.47. The Balaban J connectivity index is 1.79. The molecule has 130 valence electrons. The van der Waals surface area contributed by atoms with Gasteiger partial charge in [-0.25, -0.2) is 0 Å². The quantitative estimate of drug-likeness (QED) is 0.864. The Morgan fingerprint density at radius 2 is 2.00 bits per heavy atom. The number of benzene rings is 1. The maximum Gasteiger partial charge on any atom is 0.260 e. The molecule has 1 saturated heterocycles. The summed E-state index contributed by atoms with van der Waals surface area (Å²) in [6.45, 7) is 5.76. The van der Waals surface area contributed by atoms with Crippen molar-refractivity contribution >= 4 is 17.5 Å². The predicted octanol–water partition coefficient (Wildman–Crippen LogP) is 0.375. The smallest absolute Gasteiger partial charge is 0.260 e. The lowest BCUT2D eigenvalue weighted by molar-refractivity contribution is -0.126. The lowest BCUT2D eigenvalue weighted by atomic mass is 10.1. The largest absolute Gasteiger partial charge is 0.477 e. The van der Waals surface area contributed by atoms with Crippen LogP contribution in [-0.4, -0.2) is 61.2 Å². The molecule has 2 N–H and O–H groups in total. The third kappa shape index (κ3) is 3.37. The first-order chi connectivity index (χ1) is 11.5. The number of rotatable bonds is 3. The molecule has 2 heterocycles. The summed E-state index contributed by atoms with van der Waals surface area (Å²) >= 11 is 0. The van der Waals surface area contributed by atoms with E-state index in [1.807, 2.05) is 26.0 Å². The van der Waals surface area contributed by atoms with E-state index in [-0.39, 0.29) is 31.1 Å². The maximum absolute atomic E-state index is 12.9. The van der Waals surface area contributed by atoms with Crippen molar-refractivity contribution in [2.24, 2.45) is 5.73 Å². The van der Waals surface area contributed by atoms with Crippen molar-refractivity contribution in [1.29, 1.82) is 0 Å². The molecule has 7 nitrogen and oxygen atoms in total. The summed E-state index contributed by atoms with van der Waals surface area (Å²) in [7, 11) is 0.